The summed E-state index contributed by atoms with van der Waals surface area (Å²) >= 11 is -2.10. The predicted molar refractivity (Wildman–Crippen MR) is 62.5 cm³/mol. The van der Waals surface area contributed by atoms with Gasteiger partial charge in [-0.2, -0.15) is 0 Å². The van der Waals surface area contributed by atoms with Crippen molar-refractivity contribution in [3.05, 3.63) is 48.3 Å². The summed E-state index contributed by atoms with van der Waals surface area (Å²) in [5.74, 6) is -0.737. The second-order valence-corrected chi connectivity index (χ2v) is 4.41. The summed E-state index contributed by atoms with van der Waals surface area (Å²) in [5, 5.41) is 9.10. The molecule has 2 N–H and O–H groups in total. The van der Waals surface area contributed by atoms with Gasteiger partial charge in [-0.05, 0) is 29.8 Å². The summed E-state index contributed by atoms with van der Waals surface area (Å²) < 4.78 is 33.4. The third kappa shape index (κ3) is 2.51. The molecular weight excluding hydrogens is 243 g/mol. The zero-order chi connectivity index (χ0) is 12.4. The van der Waals surface area contributed by atoms with Gasteiger partial charge in [0.15, 0.2) is 11.1 Å². The first-order valence-corrected chi connectivity index (χ1v) is 5.88. The molecule has 0 fully saturated rings. The Bertz CT molecular complexity index is 584. The van der Waals surface area contributed by atoms with Crippen LogP contribution in [0.1, 0.15) is 0 Å². The van der Waals surface area contributed by atoms with Crippen molar-refractivity contribution in [2.75, 3.05) is 0 Å². The summed E-state index contributed by atoms with van der Waals surface area (Å²) in [5.41, 5.74) is 0.762. The molecule has 1 unspecified atom stereocenters. The predicted octanol–water partition coefficient (Wildman–Crippen LogP) is 2.78. The Morgan fingerprint density at radius 3 is 2.53 bits per heavy atom. The molecule has 0 saturated carbocycles. The number of aromatic hydroxyl groups is 1. The highest BCUT2D eigenvalue weighted by Crippen LogP contribution is 2.26. The van der Waals surface area contributed by atoms with E-state index in [1.54, 1.807) is 12.1 Å². The van der Waals surface area contributed by atoms with Crippen LogP contribution >= 0.6 is 0 Å². The van der Waals surface area contributed by atoms with E-state index in [4.69, 9.17) is 9.66 Å². The fraction of sp³-hybridized carbons (Fsp3) is 0. The van der Waals surface area contributed by atoms with Gasteiger partial charge in [-0.1, -0.05) is 12.1 Å². The summed E-state index contributed by atoms with van der Waals surface area (Å²) in [6.45, 7) is 0. The van der Waals surface area contributed by atoms with Crippen LogP contribution in [0.5, 0.6) is 5.75 Å². The van der Waals surface area contributed by atoms with E-state index in [2.05, 4.69) is 0 Å². The summed E-state index contributed by atoms with van der Waals surface area (Å²) in [7, 11) is 0. The van der Waals surface area contributed by atoms with Crippen LogP contribution in [0.25, 0.3) is 11.1 Å². The minimum Gasteiger partial charge on any atom is -0.508 e. The average molecular weight is 252 g/mol. The smallest absolute Gasteiger partial charge is 0.186 e. The van der Waals surface area contributed by atoms with Gasteiger partial charge in [0.05, 0.1) is 4.90 Å². The molecule has 0 spiro atoms. The topological polar surface area (TPSA) is 57.5 Å². The fourth-order valence-electron chi connectivity index (χ4n) is 1.51. The van der Waals surface area contributed by atoms with Gasteiger partial charge in [0, 0.05) is 11.6 Å². The van der Waals surface area contributed by atoms with Crippen molar-refractivity contribution in [1.82, 2.24) is 0 Å². The third-order valence-electron chi connectivity index (χ3n) is 2.30. The normalized spacial score (nSPS) is 12.4. The van der Waals surface area contributed by atoms with Crippen molar-refractivity contribution in [3.63, 3.8) is 0 Å². The fourth-order valence-corrected chi connectivity index (χ4v) is 1.93. The minimum absolute atomic E-state index is 0.159. The maximum atomic E-state index is 13.6. The van der Waals surface area contributed by atoms with Crippen LogP contribution in [0.15, 0.2) is 47.4 Å². The van der Waals surface area contributed by atoms with Crippen molar-refractivity contribution < 1.29 is 18.3 Å². The zero-order valence-electron chi connectivity index (χ0n) is 8.63. The highest BCUT2D eigenvalue weighted by Gasteiger charge is 2.08. The quantitative estimate of drug-likeness (QED) is 0.808. The number of phenols is 1. The molecule has 0 saturated heterocycles. The molecule has 0 aromatic heterocycles. The molecule has 0 aliphatic heterocycles. The largest absolute Gasteiger partial charge is 0.508 e. The van der Waals surface area contributed by atoms with Crippen LogP contribution in [-0.4, -0.2) is 13.9 Å². The van der Waals surface area contributed by atoms with E-state index >= 15 is 0 Å². The monoisotopic (exact) mass is 252 g/mol. The zero-order valence-corrected chi connectivity index (χ0v) is 9.45. The SMILES string of the molecule is O=S(O)c1cccc(-c2ccc(O)cc2F)c1. The van der Waals surface area contributed by atoms with Crippen molar-refractivity contribution in [3.8, 4) is 16.9 Å². The molecule has 2 aromatic carbocycles. The van der Waals surface area contributed by atoms with E-state index in [0.29, 0.717) is 5.56 Å². The van der Waals surface area contributed by atoms with E-state index in [1.807, 2.05) is 0 Å². The summed E-state index contributed by atoms with van der Waals surface area (Å²) in [6, 6.07) is 9.91. The molecule has 0 aliphatic carbocycles. The molecule has 17 heavy (non-hydrogen) atoms. The molecule has 88 valence electrons. The lowest BCUT2D eigenvalue weighted by atomic mass is 10.1. The third-order valence-corrected chi connectivity index (χ3v) is 2.96. The molecule has 0 amide bonds. The number of halogens is 1. The molecule has 3 nitrogen and oxygen atoms in total. The van der Waals surface area contributed by atoms with E-state index in [9.17, 15) is 8.60 Å². The van der Waals surface area contributed by atoms with E-state index in [-0.39, 0.29) is 16.2 Å². The number of hydrogen-bond donors (Lipinski definition) is 2. The van der Waals surface area contributed by atoms with Crippen molar-refractivity contribution in [2.24, 2.45) is 0 Å². The number of benzene rings is 2. The van der Waals surface area contributed by atoms with Crippen molar-refractivity contribution >= 4 is 11.1 Å². The van der Waals surface area contributed by atoms with Gasteiger partial charge in [-0.3, -0.25) is 0 Å². The van der Waals surface area contributed by atoms with Crippen LogP contribution in [0.3, 0.4) is 0 Å². The first kappa shape index (κ1) is 11.8. The van der Waals surface area contributed by atoms with Gasteiger partial charge in [0.1, 0.15) is 11.6 Å². The van der Waals surface area contributed by atoms with Gasteiger partial charge < -0.3 is 9.66 Å². The lowest BCUT2D eigenvalue weighted by Crippen LogP contribution is -1.90. The van der Waals surface area contributed by atoms with Crippen LogP contribution in [0.4, 0.5) is 4.39 Å². The summed E-state index contributed by atoms with van der Waals surface area (Å²) in [4.78, 5) is 0.204. The first-order chi connectivity index (χ1) is 8.08. The standard InChI is InChI=1S/C12H9FO3S/c13-12-7-9(14)4-5-11(12)8-2-1-3-10(6-8)17(15)16/h1-7,14H,(H,15,16). The molecule has 2 rings (SSSR count). The Labute approximate surface area is 99.8 Å². The van der Waals surface area contributed by atoms with E-state index < -0.39 is 16.9 Å². The highest BCUT2D eigenvalue weighted by atomic mass is 32.2. The Balaban J connectivity index is 2.53. The van der Waals surface area contributed by atoms with Crippen LogP contribution < -0.4 is 0 Å². The van der Waals surface area contributed by atoms with E-state index in [1.165, 1.54) is 24.3 Å². The Kier molecular flexibility index (Phi) is 3.21. The van der Waals surface area contributed by atoms with Gasteiger partial charge in [-0.25, -0.2) is 8.60 Å². The molecule has 0 radical (unpaired) electrons. The van der Waals surface area contributed by atoms with Crippen LogP contribution in [-0.2, 0) is 11.1 Å². The van der Waals surface area contributed by atoms with Crippen molar-refractivity contribution in [2.45, 2.75) is 4.90 Å². The molecule has 1 atom stereocenters. The Morgan fingerprint density at radius 1 is 1.12 bits per heavy atom. The second kappa shape index (κ2) is 4.65. The Morgan fingerprint density at radius 2 is 1.88 bits per heavy atom. The number of rotatable bonds is 2. The van der Waals surface area contributed by atoms with Gasteiger partial charge >= 0.3 is 0 Å². The van der Waals surface area contributed by atoms with Crippen LogP contribution in [0.2, 0.25) is 0 Å². The lowest BCUT2D eigenvalue weighted by Gasteiger charge is -2.05. The average Bonchev–Trinajstić information content (AvgIpc) is 2.29. The lowest BCUT2D eigenvalue weighted by molar-refractivity contribution is 0.469. The minimum atomic E-state index is -2.10. The second-order valence-electron chi connectivity index (χ2n) is 3.44. The van der Waals surface area contributed by atoms with Gasteiger partial charge in [0.2, 0.25) is 0 Å². The summed E-state index contributed by atoms with van der Waals surface area (Å²) in [6.07, 6.45) is 0. The Hall–Kier alpha value is -1.72. The molecule has 0 aliphatic rings. The van der Waals surface area contributed by atoms with Crippen molar-refractivity contribution in [1.29, 1.82) is 0 Å². The number of hydrogen-bond acceptors (Lipinski definition) is 2. The maximum absolute atomic E-state index is 13.6. The molecule has 0 bridgehead atoms. The maximum Gasteiger partial charge on any atom is 0.186 e. The highest BCUT2D eigenvalue weighted by molar-refractivity contribution is 7.79. The van der Waals surface area contributed by atoms with Gasteiger partial charge in [0.25, 0.3) is 0 Å². The first-order valence-electron chi connectivity index (χ1n) is 4.78. The molecule has 2 aromatic rings. The molecule has 5 heteroatoms. The van der Waals surface area contributed by atoms with Crippen LogP contribution in [0, 0.1) is 5.82 Å². The van der Waals surface area contributed by atoms with E-state index in [0.717, 1.165) is 6.07 Å². The number of phenolic OH excluding ortho intramolecular Hbond substituents is 1. The molecule has 0 heterocycles. The van der Waals surface area contributed by atoms with Gasteiger partial charge in [-0.15, -0.1) is 0 Å². The molecular formula is C12H9FO3S.